The number of hydrogen-bond donors (Lipinski definition) is 4. The van der Waals surface area contributed by atoms with Crippen LogP contribution >= 0.6 is 49.6 Å². The van der Waals surface area contributed by atoms with E-state index in [-0.39, 0.29) is 49.6 Å². The maximum atomic E-state index is 3.66. The first-order valence-electron chi connectivity index (χ1n) is 6.94. The normalized spacial score (nSPS) is 9.14. The van der Waals surface area contributed by atoms with Gasteiger partial charge >= 0.3 is 0 Å². The van der Waals surface area contributed by atoms with Gasteiger partial charge in [0.2, 0.25) is 0 Å². The van der Waals surface area contributed by atoms with E-state index in [1.165, 1.54) is 6.42 Å². The first kappa shape index (κ1) is 33.9. The Balaban J connectivity index is -0.000000241. The van der Waals surface area contributed by atoms with E-state index in [4.69, 9.17) is 0 Å². The van der Waals surface area contributed by atoms with Crippen LogP contribution in [0.25, 0.3) is 0 Å². The predicted octanol–water partition coefficient (Wildman–Crippen LogP) is 2.18. The lowest BCUT2D eigenvalue weighted by Gasteiger charge is -2.03. The highest BCUT2D eigenvalue weighted by molar-refractivity contribution is 5.86. The second kappa shape index (κ2) is 33.2. The third-order valence-corrected chi connectivity index (χ3v) is 2.47. The molecule has 0 aromatic carbocycles. The Labute approximate surface area is 161 Å². The van der Waals surface area contributed by atoms with Gasteiger partial charge in [-0.15, -0.1) is 56.2 Å². The molecule has 0 fully saturated rings. The van der Waals surface area contributed by atoms with Gasteiger partial charge in [0.15, 0.2) is 0 Å². The molecule has 22 heavy (non-hydrogen) atoms. The molecule has 0 radical (unpaired) electrons. The van der Waals surface area contributed by atoms with Gasteiger partial charge in [0.05, 0.1) is 0 Å². The van der Waals surface area contributed by atoms with Gasteiger partial charge in [0, 0.05) is 19.6 Å². The molecule has 0 amide bonds. The van der Waals surface area contributed by atoms with Crippen LogP contribution in [0.1, 0.15) is 12.8 Å². The summed E-state index contributed by atoms with van der Waals surface area (Å²) < 4.78 is 0. The molecule has 0 aromatic heterocycles. The lowest BCUT2D eigenvalue weighted by atomic mass is 10.4. The quantitative estimate of drug-likeness (QED) is 0.267. The van der Waals surface area contributed by atoms with Crippen LogP contribution in [0.2, 0.25) is 0 Å². The minimum Gasteiger partial charge on any atom is -0.320 e. The summed E-state index contributed by atoms with van der Waals surface area (Å²) in [4.78, 5) is 0. The maximum absolute atomic E-state index is 3.66. The zero-order valence-electron chi connectivity index (χ0n) is 13.4. The Kier molecular flexibility index (Phi) is 51.2. The maximum Gasteiger partial charge on any atom is 0.0135 e. The number of rotatable bonds is 14. The molecular formula is C14H34Cl4N4. The average molecular weight is 400 g/mol. The summed E-state index contributed by atoms with van der Waals surface area (Å²) in [7, 11) is 1.98. The molecule has 0 spiro atoms. The second-order valence-corrected chi connectivity index (χ2v) is 4.18. The third kappa shape index (κ3) is 32.4. The Morgan fingerprint density at radius 2 is 1.09 bits per heavy atom. The van der Waals surface area contributed by atoms with Crippen LogP contribution in [0.4, 0.5) is 0 Å². The Bertz CT molecular complexity index is 207. The van der Waals surface area contributed by atoms with Crippen molar-refractivity contribution in [3.8, 4) is 0 Å². The molecule has 0 heterocycles. The van der Waals surface area contributed by atoms with Crippen LogP contribution in [0, 0.1) is 0 Å². The van der Waals surface area contributed by atoms with Crippen LogP contribution in [0.3, 0.4) is 0 Å². The zero-order chi connectivity index (χ0) is 13.3. The van der Waals surface area contributed by atoms with Crippen molar-refractivity contribution in [1.82, 2.24) is 21.3 Å². The molecule has 0 aliphatic carbocycles. The van der Waals surface area contributed by atoms with Crippen molar-refractivity contribution >= 4 is 49.6 Å². The van der Waals surface area contributed by atoms with Gasteiger partial charge in [-0.1, -0.05) is 18.2 Å². The van der Waals surface area contributed by atoms with Crippen LogP contribution < -0.4 is 21.3 Å². The van der Waals surface area contributed by atoms with Gasteiger partial charge in [-0.2, -0.15) is 0 Å². The summed E-state index contributed by atoms with van der Waals surface area (Å²) in [6.45, 7) is 10.8. The Morgan fingerprint density at radius 3 is 1.50 bits per heavy atom. The minimum absolute atomic E-state index is 0. The van der Waals surface area contributed by atoms with Crippen LogP contribution in [0.15, 0.2) is 24.8 Å². The Morgan fingerprint density at radius 1 is 0.682 bits per heavy atom. The van der Waals surface area contributed by atoms with Crippen molar-refractivity contribution in [3.05, 3.63) is 24.8 Å². The molecule has 0 saturated carbocycles. The second-order valence-electron chi connectivity index (χ2n) is 4.18. The van der Waals surface area contributed by atoms with Crippen LogP contribution in [-0.2, 0) is 0 Å². The molecule has 138 valence electrons. The molecule has 0 aliphatic heterocycles. The highest BCUT2D eigenvalue weighted by atomic mass is 35.5. The molecule has 0 rings (SSSR count). The molecule has 0 bridgehead atoms. The largest absolute Gasteiger partial charge is 0.320 e. The van der Waals surface area contributed by atoms with Crippen molar-refractivity contribution in [2.75, 3.05) is 52.9 Å². The fraction of sp³-hybridized carbons (Fsp3) is 0.714. The smallest absolute Gasteiger partial charge is 0.0135 e. The fourth-order valence-electron chi connectivity index (χ4n) is 1.47. The highest BCUT2D eigenvalue weighted by Crippen LogP contribution is 1.76. The van der Waals surface area contributed by atoms with Gasteiger partial charge in [0.1, 0.15) is 0 Å². The van der Waals surface area contributed by atoms with E-state index < -0.39 is 0 Å². The summed E-state index contributed by atoms with van der Waals surface area (Å²) in [6.07, 6.45) is 8.59. The van der Waals surface area contributed by atoms with Crippen molar-refractivity contribution in [2.24, 2.45) is 0 Å². The monoisotopic (exact) mass is 398 g/mol. The average Bonchev–Trinajstić information content (AvgIpc) is 2.39. The van der Waals surface area contributed by atoms with E-state index in [1.807, 2.05) is 13.1 Å². The van der Waals surface area contributed by atoms with E-state index in [1.54, 1.807) is 0 Å². The molecular weight excluding hydrogens is 366 g/mol. The zero-order valence-corrected chi connectivity index (χ0v) is 16.7. The van der Waals surface area contributed by atoms with Crippen molar-refractivity contribution in [1.29, 1.82) is 0 Å². The van der Waals surface area contributed by atoms with Crippen molar-refractivity contribution in [2.45, 2.75) is 12.8 Å². The molecule has 0 aromatic rings. The lowest BCUT2D eigenvalue weighted by molar-refractivity contribution is 0.638. The van der Waals surface area contributed by atoms with Crippen molar-refractivity contribution in [3.63, 3.8) is 0 Å². The van der Waals surface area contributed by atoms with E-state index in [0.717, 1.165) is 52.2 Å². The number of halogens is 4. The summed E-state index contributed by atoms with van der Waals surface area (Å²) in [5.41, 5.74) is 0. The van der Waals surface area contributed by atoms with E-state index in [9.17, 15) is 0 Å². The SMILES string of the molecule is C=CCNCCCNCC=CCNCCCNC.Cl.Cl.Cl.Cl. The molecule has 0 aliphatic rings. The molecule has 0 saturated heterocycles. The summed E-state index contributed by atoms with van der Waals surface area (Å²) in [6, 6.07) is 0. The summed E-state index contributed by atoms with van der Waals surface area (Å²) in [5.74, 6) is 0. The first-order valence-corrected chi connectivity index (χ1v) is 6.94. The van der Waals surface area contributed by atoms with Crippen molar-refractivity contribution < 1.29 is 0 Å². The molecule has 0 unspecified atom stereocenters. The fourth-order valence-corrected chi connectivity index (χ4v) is 1.47. The predicted molar refractivity (Wildman–Crippen MR) is 110 cm³/mol. The van der Waals surface area contributed by atoms with Gasteiger partial charge in [0.25, 0.3) is 0 Å². The molecule has 4 N–H and O–H groups in total. The van der Waals surface area contributed by atoms with Gasteiger partial charge in [-0.05, 0) is 46.1 Å². The summed E-state index contributed by atoms with van der Waals surface area (Å²) >= 11 is 0. The van der Waals surface area contributed by atoms with Gasteiger partial charge < -0.3 is 21.3 Å². The van der Waals surface area contributed by atoms with Gasteiger partial charge in [-0.3, -0.25) is 0 Å². The third-order valence-electron chi connectivity index (χ3n) is 2.47. The van der Waals surface area contributed by atoms with Crippen LogP contribution in [-0.4, -0.2) is 52.9 Å². The van der Waals surface area contributed by atoms with E-state index in [2.05, 4.69) is 40.0 Å². The standard InChI is InChI=1S/C14H30N4.4ClH/c1-3-8-16-13-7-14-18-11-5-4-10-17-12-6-9-15-2;;;;/h3-5,15-18H,1,6-14H2,2H3;4*1H. The van der Waals surface area contributed by atoms with E-state index in [0.29, 0.717) is 0 Å². The Hall–Kier alpha value is 0.480. The molecule has 0 atom stereocenters. The minimum atomic E-state index is 0. The highest BCUT2D eigenvalue weighted by Gasteiger charge is 1.86. The first-order chi connectivity index (χ1) is 8.91. The van der Waals surface area contributed by atoms with Gasteiger partial charge in [-0.25, -0.2) is 0 Å². The van der Waals surface area contributed by atoms with Crippen LogP contribution in [0.5, 0.6) is 0 Å². The number of nitrogens with one attached hydrogen (secondary N) is 4. The topological polar surface area (TPSA) is 48.1 Å². The van der Waals surface area contributed by atoms with E-state index >= 15 is 0 Å². The number of hydrogen-bond acceptors (Lipinski definition) is 4. The lowest BCUT2D eigenvalue weighted by Crippen LogP contribution is -2.22. The summed E-state index contributed by atoms with van der Waals surface area (Å²) in [5, 5.41) is 13.2. The molecule has 8 heteroatoms. The molecule has 4 nitrogen and oxygen atoms in total.